The molecule has 1 unspecified atom stereocenters. The van der Waals surface area contributed by atoms with Gasteiger partial charge in [-0.2, -0.15) is 0 Å². The zero-order valence-electron chi connectivity index (χ0n) is 14.2. The molecule has 1 aromatic rings. The Morgan fingerprint density at radius 1 is 1.48 bits per heavy atom. The molecular formula is C18H26N2O2S. The Hall–Kier alpha value is -1.07. The van der Waals surface area contributed by atoms with Crippen LogP contribution in [-0.2, 0) is 16.1 Å². The van der Waals surface area contributed by atoms with E-state index in [2.05, 4.69) is 18.8 Å². The number of rotatable bonds is 5. The molecule has 2 aliphatic heterocycles. The molecule has 126 valence electrons. The second-order valence-corrected chi connectivity index (χ2v) is 8.74. The first-order valence-electron chi connectivity index (χ1n) is 8.42. The van der Waals surface area contributed by atoms with Gasteiger partial charge in [0.15, 0.2) is 0 Å². The van der Waals surface area contributed by atoms with Gasteiger partial charge in [-0.05, 0) is 31.4 Å². The summed E-state index contributed by atoms with van der Waals surface area (Å²) in [4.78, 5) is 18.6. The maximum Gasteiger partial charge on any atom is 0.222 e. The first-order valence-corrected chi connectivity index (χ1v) is 9.40. The third-order valence-electron chi connectivity index (χ3n) is 4.48. The fourth-order valence-electron chi connectivity index (χ4n) is 3.32. The van der Waals surface area contributed by atoms with Crippen LogP contribution in [-0.4, -0.2) is 45.5 Å². The summed E-state index contributed by atoms with van der Waals surface area (Å²) >= 11 is 1.98. The molecule has 0 aliphatic carbocycles. The fourth-order valence-corrected chi connectivity index (χ4v) is 4.87. The van der Waals surface area contributed by atoms with Gasteiger partial charge in [0.1, 0.15) is 0 Å². The van der Waals surface area contributed by atoms with Gasteiger partial charge in [0.05, 0.1) is 23.2 Å². The van der Waals surface area contributed by atoms with E-state index in [1.165, 1.54) is 0 Å². The van der Waals surface area contributed by atoms with Crippen molar-refractivity contribution in [1.29, 1.82) is 0 Å². The molecule has 0 N–H and O–H groups in total. The molecule has 0 radical (unpaired) electrons. The van der Waals surface area contributed by atoms with Gasteiger partial charge in [0.25, 0.3) is 0 Å². The van der Waals surface area contributed by atoms with E-state index >= 15 is 0 Å². The average molecular weight is 334 g/mol. The number of hydrogen-bond acceptors (Lipinski definition) is 4. The van der Waals surface area contributed by atoms with Crippen LogP contribution in [0.25, 0.3) is 0 Å². The highest BCUT2D eigenvalue weighted by atomic mass is 32.2. The van der Waals surface area contributed by atoms with Gasteiger partial charge in [0, 0.05) is 31.0 Å². The minimum Gasteiger partial charge on any atom is -0.371 e. The monoisotopic (exact) mass is 334 g/mol. The summed E-state index contributed by atoms with van der Waals surface area (Å²) in [6.45, 7) is 8.57. The molecule has 0 aromatic carbocycles. The second kappa shape index (κ2) is 6.81. The number of pyridine rings is 1. The highest BCUT2D eigenvalue weighted by molar-refractivity contribution is 8.01. The smallest absolute Gasteiger partial charge is 0.222 e. The van der Waals surface area contributed by atoms with Crippen LogP contribution >= 0.6 is 11.8 Å². The Morgan fingerprint density at radius 2 is 2.26 bits per heavy atom. The van der Waals surface area contributed by atoms with Crippen molar-refractivity contribution in [3.8, 4) is 0 Å². The number of aromatic nitrogens is 1. The van der Waals surface area contributed by atoms with Crippen molar-refractivity contribution >= 4 is 17.7 Å². The molecule has 3 rings (SSSR count). The summed E-state index contributed by atoms with van der Waals surface area (Å²) in [7, 11) is 0. The van der Waals surface area contributed by atoms with E-state index in [4.69, 9.17) is 4.74 Å². The molecule has 2 saturated heterocycles. The summed E-state index contributed by atoms with van der Waals surface area (Å²) in [5.41, 5.74) is 2.03. The quantitative estimate of drug-likeness (QED) is 0.830. The predicted octanol–water partition coefficient (Wildman–Crippen LogP) is 3.04. The van der Waals surface area contributed by atoms with Crippen LogP contribution in [0.15, 0.2) is 18.2 Å². The summed E-state index contributed by atoms with van der Waals surface area (Å²) in [6.07, 6.45) is 2.00. The molecule has 2 fully saturated rings. The Kier molecular flexibility index (Phi) is 4.97. The van der Waals surface area contributed by atoms with Crippen molar-refractivity contribution in [3.63, 3.8) is 0 Å². The van der Waals surface area contributed by atoms with Crippen LogP contribution < -0.4 is 0 Å². The highest BCUT2D eigenvalue weighted by Crippen LogP contribution is 2.46. The van der Waals surface area contributed by atoms with Gasteiger partial charge in [-0.15, -0.1) is 11.8 Å². The van der Waals surface area contributed by atoms with E-state index < -0.39 is 0 Å². The fraction of sp³-hybridized carbons (Fsp3) is 0.667. The van der Waals surface area contributed by atoms with Gasteiger partial charge >= 0.3 is 0 Å². The number of nitrogens with zero attached hydrogens (tertiary/aromatic N) is 2. The van der Waals surface area contributed by atoms with Crippen molar-refractivity contribution in [1.82, 2.24) is 9.88 Å². The third-order valence-corrected chi connectivity index (χ3v) is 6.06. The van der Waals surface area contributed by atoms with Crippen molar-refractivity contribution in [2.45, 2.75) is 51.1 Å². The Balaban J connectivity index is 1.44. The number of carbonyl (C=O) groups excluding carboxylic acids is 1. The van der Waals surface area contributed by atoms with Crippen molar-refractivity contribution in [2.24, 2.45) is 5.92 Å². The van der Waals surface area contributed by atoms with Gasteiger partial charge in [0.2, 0.25) is 5.91 Å². The lowest BCUT2D eigenvalue weighted by Crippen LogP contribution is -2.60. The zero-order valence-corrected chi connectivity index (χ0v) is 15.1. The third kappa shape index (κ3) is 4.07. The lowest BCUT2D eigenvalue weighted by atomic mass is 9.92. The number of thioether (sulfide) groups is 1. The van der Waals surface area contributed by atoms with Gasteiger partial charge in [-0.1, -0.05) is 19.9 Å². The van der Waals surface area contributed by atoms with Crippen LogP contribution in [0.2, 0.25) is 0 Å². The van der Waals surface area contributed by atoms with E-state index in [1.54, 1.807) is 0 Å². The van der Waals surface area contributed by atoms with E-state index in [0.717, 1.165) is 36.7 Å². The molecule has 0 saturated carbocycles. The number of ether oxygens (including phenoxy) is 1. The molecule has 1 amide bonds. The standard InChI is InChI=1S/C18H26N2O2S/c1-13(2)7-17(21)20-11-18(12-20)8-16(10-23-18)22-9-15-6-4-5-14(3)19-15/h4-6,13,16H,7-12H2,1-3H3. The van der Waals surface area contributed by atoms with E-state index in [0.29, 0.717) is 24.9 Å². The number of likely N-dealkylation sites (tertiary alicyclic amines) is 1. The number of aryl methyl sites for hydroxylation is 1. The average Bonchev–Trinajstić information content (AvgIpc) is 2.87. The highest BCUT2D eigenvalue weighted by Gasteiger charge is 2.50. The SMILES string of the molecule is Cc1cccc(COC2CSC3(C2)CN(C(=O)CC(C)C)C3)n1. The summed E-state index contributed by atoms with van der Waals surface area (Å²) in [6, 6.07) is 6.04. The van der Waals surface area contributed by atoms with Crippen LogP contribution in [0.3, 0.4) is 0 Å². The topological polar surface area (TPSA) is 42.4 Å². The second-order valence-electron chi connectivity index (χ2n) is 7.25. The number of hydrogen-bond donors (Lipinski definition) is 0. The van der Waals surface area contributed by atoms with Gasteiger partial charge in [-0.25, -0.2) is 0 Å². The maximum atomic E-state index is 12.1. The largest absolute Gasteiger partial charge is 0.371 e. The Morgan fingerprint density at radius 3 is 2.96 bits per heavy atom. The Bertz CT molecular complexity index is 570. The molecule has 1 atom stereocenters. The molecule has 1 aromatic heterocycles. The number of amides is 1. The molecule has 2 aliphatic rings. The van der Waals surface area contributed by atoms with Crippen LogP contribution in [0.5, 0.6) is 0 Å². The summed E-state index contributed by atoms with van der Waals surface area (Å²) in [5.74, 6) is 1.77. The van der Waals surface area contributed by atoms with Crippen molar-refractivity contribution in [3.05, 3.63) is 29.6 Å². The van der Waals surface area contributed by atoms with E-state index in [9.17, 15) is 4.79 Å². The van der Waals surface area contributed by atoms with E-state index in [1.807, 2.05) is 41.8 Å². The van der Waals surface area contributed by atoms with Gasteiger partial charge in [-0.3, -0.25) is 9.78 Å². The lowest BCUT2D eigenvalue weighted by Gasteiger charge is -2.47. The van der Waals surface area contributed by atoms with Crippen LogP contribution in [0.4, 0.5) is 0 Å². The minimum absolute atomic E-state index is 0.247. The first kappa shape index (κ1) is 16.8. The maximum absolute atomic E-state index is 12.1. The molecule has 4 nitrogen and oxygen atoms in total. The normalized spacial score (nSPS) is 22.6. The molecule has 1 spiro atoms. The first-order chi connectivity index (χ1) is 11.0. The van der Waals surface area contributed by atoms with Crippen molar-refractivity contribution in [2.75, 3.05) is 18.8 Å². The van der Waals surface area contributed by atoms with Crippen LogP contribution in [0.1, 0.15) is 38.1 Å². The summed E-state index contributed by atoms with van der Waals surface area (Å²) < 4.78 is 6.30. The van der Waals surface area contributed by atoms with Crippen LogP contribution in [0, 0.1) is 12.8 Å². The molecule has 23 heavy (non-hydrogen) atoms. The molecule has 3 heterocycles. The number of carbonyl (C=O) groups is 1. The minimum atomic E-state index is 0.247. The Labute approximate surface area is 143 Å². The lowest BCUT2D eigenvalue weighted by molar-refractivity contribution is -0.137. The summed E-state index contributed by atoms with van der Waals surface area (Å²) in [5, 5.41) is 0. The van der Waals surface area contributed by atoms with E-state index in [-0.39, 0.29) is 10.9 Å². The van der Waals surface area contributed by atoms with Crippen molar-refractivity contribution < 1.29 is 9.53 Å². The van der Waals surface area contributed by atoms with Gasteiger partial charge < -0.3 is 9.64 Å². The zero-order chi connectivity index (χ0) is 16.4. The predicted molar refractivity (Wildman–Crippen MR) is 93.4 cm³/mol. The molecule has 0 bridgehead atoms. The molecular weight excluding hydrogens is 308 g/mol. The molecule has 5 heteroatoms.